The van der Waals surface area contributed by atoms with Gasteiger partial charge in [0, 0.05) is 23.9 Å². The van der Waals surface area contributed by atoms with E-state index in [9.17, 15) is 22.8 Å². The largest absolute Gasteiger partial charge is 0.289 e. The highest BCUT2D eigenvalue weighted by Gasteiger charge is 2.21. The van der Waals surface area contributed by atoms with Gasteiger partial charge in [-0.15, -0.1) is 11.3 Å². The molecule has 4 nitrogen and oxygen atoms in total. The molecule has 0 bridgehead atoms. The van der Waals surface area contributed by atoms with Crippen LogP contribution in [0.25, 0.3) is 6.08 Å². The predicted octanol–water partition coefficient (Wildman–Crippen LogP) is 5.90. The lowest BCUT2D eigenvalue weighted by molar-refractivity contribution is -0.115. The van der Waals surface area contributed by atoms with Crippen LogP contribution in [-0.4, -0.2) is 16.7 Å². The maximum Gasteiger partial charge on any atom is 0.230 e. The highest BCUT2D eigenvalue weighted by Crippen LogP contribution is 2.31. The molecule has 3 aromatic rings. The van der Waals surface area contributed by atoms with E-state index in [4.69, 9.17) is 0 Å². The Bertz CT molecular complexity index is 1130. The van der Waals surface area contributed by atoms with E-state index in [1.165, 1.54) is 37.3 Å². The summed E-state index contributed by atoms with van der Waals surface area (Å²) in [6.45, 7) is 1.23. The van der Waals surface area contributed by atoms with E-state index < -0.39 is 23.4 Å². The molecule has 0 spiro atoms. The summed E-state index contributed by atoms with van der Waals surface area (Å²) in [4.78, 5) is 29.5. The van der Waals surface area contributed by atoms with Crippen molar-refractivity contribution < 1.29 is 22.8 Å². The molecule has 0 atom stereocenters. The smallest absolute Gasteiger partial charge is 0.230 e. The molecular formula is C20H12BrF3N2O2S. The Hall–Kier alpha value is -2.78. The molecule has 148 valence electrons. The maximum absolute atomic E-state index is 14.1. The molecule has 0 saturated carbocycles. The van der Waals surface area contributed by atoms with Gasteiger partial charge in [0.05, 0.1) is 15.9 Å². The van der Waals surface area contributed by atoms with Crippen LogP contribution in [0.5, 0.6) is 0 Å². The van der Waals surface area contributed by atoms with Crippen molar-refractivity contribution in [1.82, 2.24) is 4.98 Å². The maximum atomic E-state index is 14.1. The average molecular weight is 481 g/mol. The van der Waals surface area contributed by atoms with Gasteiger partial charge in [0.15, 0.2) is 10.9 Å². The number of carbonyl (C=O) groups is 2. The Morgan fingerprint density at radius 1 is 1.10 bits per heavy atom. The zero-order valence-corrected chi connectivity index (χ0v) is 17.2. The van der Waals surface area contributed by atoms with Crippen molar-refractivity contribution in [2.24, 2.45) is 0 Å². The summed E-state index contributed by atoms with van der Waals surface area (Å²) >= 11 is 4.08. The van der Waals surface area contributed by atoms with E-state index >= 15 is 0 Å². The van der Waals surface area contributed by atoms with Crippen LogP contribution in [0.15, 0.2) is 52.3 Å². The third kappa shape index (κ3) is 4.80. The molecule has 0 fully saturated rings. The molecule has 29 heavy (non-hydrogen) atoms. The molecule has 0 radical (unpaired) electrons. The average Bonchev–Trinajstić information content (AvgIpc) is 3.12. The number of amides is 1. The number of aromatic nitrogens is 1. The van der Waals surface area contributed by atoms with Crippen molar-refractivity contribution in [2.45, 2.75) is 6.92 Å². The number of benzene rings is 2. The van der Waals surface area contributed by atoms with Gasteiger partial charge in [0.1, 0.15) is 17.5 Å². The number of halogens is 4. The topological polar surface area (TPSA) is 50.3 Å². The monoisotopic (exact) mass is 480 g/mol. The molecule has 0 aliphatic carbocycles. The Balaban J connectivity index is 1.84. The van der Waals surface area contributed by atoms with Crippen molar-refractivity contribution >= 4 is 55.9 Å². The molecule has 9 heteroatoms. The molecule has 0 unspecified atom stereocenters. The van der Waals surface area contributed by atoms with Crippen LogP contribution >= 0.6 is 27.3 Å². The number of hydrogen-bond acceptors (Lipinski definition) is 4. The van der Waals surface area contributed by atoms with Crippen LogP contribution in [0.1, 0.15) is 23.0 Å². The van der Waals surface area contributed by atoms with Gasteiger partial charge in [-0.05, 0) is 58.4 Å². The first-order valence-corrected chi connectivity index (χ1v) is 9.82. The van der Waals surface area contributed by atoms with Crippen molar-refractivity contribution in [3.63, 3.8) is 0 Å². The van der Waals surface area contributed by atoms with E-state index in [-0.39, 0.29) is 26.6 Å². The van der Waals surface area contributed by atoms with Gasteiger partial charge in [-0.25, -0.2) is 18.2 Å². The summed E-state index contributed by atoms with van der Waals surface area (Å²) in [5.41, 5.74) is 0.521. The number of carbonyl (C=O) groups excluding carboxylic acids is 2. The number of anilines is 2. The minimum Gasteiger partial charge on any atom is -0.289 e. The van der Waals surface area contributed by atoms with Gasteiger partial charge < -0.3 is 0 Å². The Labute approximate surface area is 176 Å². The van der Waals surface area contributed by atoms with Crippen LogP contribution in [0.4, 0.5) is 24.0 Å². The summed E-state index contributed by atoms with van der Waals surface area (Å²) < 4.78 is 40.7. The molecule has 0 saturated heterocycles. The van der Waals surface area contributed by atoms with Crippen molar-refractivity contribution in [3.8, 4) is 0 Å². The first-order valence-electron chi connectivity index (χ1n) is 8.15. The molecular weight excluding hydrogens is 469 g/mol. The first kappa shape index (κ1) is 20.9. The number of thiazole rings is 1. The van der Waals surface area contributed by atoms with Gasteiger partial charge in [0.25, 0.3) is 0 Å². The van der Waals surface area contributed by atoms with Gasteiger partial charge in [0.2, 0.25) is 5.91 Å². The lowest BCUT2D eigenvalue weighted by Gasteiger charge is -2.18. The van der Waals surface area contributed by atoms with Gasteiger partial charge in [-0.2, -0.15) is 0 Å². The lowest BCUT2D eigenvalue weighted by Crippen LogP contribution is -2.23. The van der Waals surface area contributed by atoms with Crippen LogP contribution in [-0.2, 0) is 4.79 Å². The highest BCUT2D eigenvalue weighted by molar-refractivity contribution is 9.10. The fourth-order valence-corrected chi connectivity index (χ4v) is 3.66. The number of ketones is 1. The van der Waals surface area contributed by atoms with E-state index in [1.54, 1.807) is 5.38 Å². The molecule has 0 aliphatic rings. The summed E-state index contributed by atoms with van der Waals surface area (Å²) in [6, 6.07) is 6.77. The summed E-state index contributed by atoms with van der Waals surface area (Å²) in [5.74, 6) is -3.01. The third-order valence-electron chi connectivity index (χ3n) is 3.78. The van der Waals surface area contributed by atoms with Crippen LogP contribution in [0.2, 0.25) is 0 Å². The van der Waals surface area contributed by atoms with E-state index in [2.05, 4.69) is 20.9 Å². The van der Waals surface area contributed by atoms with Crippen molar-refractivity contribution in [3.05, 3.63) is 81.0 Å². The van der Waals surface area contributed by atoms with Crippen LogP contribution in [0, 0.1) is 17.5 Å². The summed E-state index contributed by atoms with van der Waals surface area (Å²) in [5, 5.41) is 1.75. The quantitative estimate of drug-likeness (QED) is 0.337. The van der Waals surface area contributed by atoms with E-state index in [0.717, 1.165) is 28.4 Å². The Kier molecular flexibility index (Phi) is 6.29. The minimum absolute atomic E-state index is 0.129. The van der Waals surface area contributed by atoms with Crippen LogP contribution in [0.3, 0.4) is 0 Å². The van der Waals surface area contributed by atoms with Gasteiger partial charge >= 0.3 is 0 Å². The second-order valence-corrected chi connectivity index (χ2v) is 7.52. The fraction of sp³-hybridized carbons (Fsp3) is 0.0500. The normalized spacial score (nSPS) is 11.1. The highest BCUT2D eigenvalue weighted by atomic mass is 79.9. The number of allylic oxidation sites excluding steroid dienone is 1. The molecule has 1 amide bonds. The zero-order valence-electron chi connectivity index (χ0n) is 14.8. The number of hydrogen-bond donors (Lipinski definition) is 0. The van der Waals surface area contributed by atoms with Crippen molar-refractivity contribution in [1.29, 1.82) is 0 Å². The van der Waals surface area contributed by atoms with Crippen LogP contribution < -0.4 is 4.90 Å². The second-order valence-electron chi connectivity index (χ2n) is 5.83. The number of nitrogens with zero attached hydrogens (tertiary/aromatic N) is 2. The van der Waals surface area contributed by atoms with Crippen molar-refractivity contribution in [2.75, 3.05) is 4.90 Å². The fourth-order valence-electron chi connectivity index (χ4n) is 2.43. The zero-order chi connectivity index (χ0) is 21.1. The third-order valence-corrected chi connectivity index (χ3v) is 5.23. The molecule has 0 aliphatic heterocycles. The summed E-state index contributed by atoms with van der Waals surface area (Å²) in [7, 11) is 0. The van der Waals surface area contributed by atoms with Gasteiger partial charge in [-0.3, -0.25) is 14.5 Å². The van der Waals surface area contributed by atoms with E-state index in [0.29, 0.717) is 11.8 Å². The van der Waals surface area contributed by atoms with E-state index in [1.807, 2.05) is 0 Å². The standard InChI is InChI=1S/C20H12BrF3N2O2S/c1-11(27)26(18-6-3-13(22)9-17(18)24)20-25-14(10-29-20)4-7-19(28)12-2-5-16(23)15(21)8-12/h2-10H,1H3/b7-4+. The first-order chi connectivity index (χ1) is 13.8. The predicted molar refractivity (Wildman–Crippen MR) is 109 cm³/mol. The number of rotatable bonds is 5. The molecule has 3 rings (SSSR count). The Morgan fingerprint density at radius 2 is 1.86 bits per heavy atom. The molecule has 1 heterocycles. The minimum atomic E-state index is -0.899. The lowest BCUT2D eigenvalue weighted by atomic mass is 10.1. The SMILES string of the molecule is CC(=O)N(c1nc(/C=C/C(=O)c2ccc(F)c(Br)c2)cs1)c1ccc(F)cc1F. The Morgan fingerprint density at radius 3 is 2.52 bits per heavy atom. The molecule has 2 aromatic carbocycles. The molecule has 1 aromatic heterocycles. The second kappa shape index (κ2) is 8.71. The van der Waals surface area contributed by atoms with Gasteiger partial charge in [-0.1, -0.05) is 0 Å². The molecule has 0 N–H and O–H groups in total. The summed E-state index contributed by atoms with van der Waals surface area (Å²) in [6.07, 6.45) is 2.69.